The highest BCUT2D eigenvalue weighted by molar-refractivity contribution is 9.10. The van der Waals surface area contributed by atoms with Crippen LogP contribution in [0.4, 0.5) is 0 Å². The molecule has 1 aliphatic rings. The Morgan fingerprint density at radius 2 is 1.82 bits per heavy atom. The second-order valence-corrected chi connectivity index (χ2v) is 7.35. The van der Waals surface area contributed by atoms with Crippen molar-refractivity contribution in [3.05, 3.63) is 34.3 Å². The Labute approximate surface area is 108 Å². The molecule has 0 unspecified atom stereocenters. The van der Waals surface area contributed by atoms with Crippen LogP contribution in [0.5, 0.6) is 0 Å². The summed E-state index contributed by atoms with van der Waals surface area (Å²) in [6.07, 6.45) is 1.09. The first-order chi connectivity index (χ1) is 7.82. The molecule has 2 rings (SSSR count). The lowest BCUT2D eigenvalue weighted by molar-refractivity contribution is -0.138. The average Bonchev–Trinajstić information content (AvgIpc) is 2.93. The van der Waals surface area contributed by atoms with Crippen molar-refractivity contribution in [3.8, 4) is 0 Å². The molecule has 0 heterocycles. The van der Waals surface area contributed by atoms with Crippen LogP contribution in [0.1, 0.15) is 11.5 Å². The molecular formula is C11H11BrO4S. The highest BCUT2D eigenvalue weighted by Crippen LogP contribution is 2.52. The SMILES string of the molecule is CS(=O)(=O)[C@@H]1[C@@H](C(=O)O)[C@@H]1c1ccc(Br)cc1. The zero-order valence-electron chi connectivity index (χ0n) is 9.00. The number of sulfone groups is 1. The fourth-order valence-electron chi connectivity index (χ4n) is 2.19. The molecule has 1 fully saturated rings. The molecule has 1 aromatic carbocycles. The number of carboxylic acids is 1. The van der Waals surface area contributed by atoms with E-state index in [-0.39, 0.29) is 0 Å². The lowest BCUT2D eigenvalue weighted by Gasteiger charge is -1.99. The van der Waals surface area contributed by atoms with Gasteiger partial charge in [0.25, 0.3) is 0 Å². The molecule has 0 saturated heterocycles. The van der Waals surface area contributed by atoms with Gasteiger partial charge in [-0.2, -0.15) is 0 Å². The quantitative estimate of drug-likeness (QED) is 0.920. The number of carbonyl (C=O) groups is 1. The van der Waals surface area contributed by atoms with Gasteiger partial charge in [0, 0.05) is 16.6 Å². The van der Waals surface area contributed by atoms with Crippen molar-refractivity contribution in [2.45, 2.75) is 11.2 Å². The van der Waals surface area contributed by atoms with E-state index in [1.54, 1.807) is 24.3 Å². The average molecular weight is 319 g/mol. The monoisotopic (exact) mass is 318 g/mol. The third-order valence-electron chi connectivity index (χ3n) is 2.99. The number of benzene rings is 1. The number of hydrogen-bond donors (Lipinski definition) is 1. The molecule has 92 valence electrons. The predicted octanol–water partition coefficient (Wildman–Crippen LogP) is 1.66. The third kappa shape index (κ3) is 2.37. The van der Waals surface area contributed by atoms with Gasteiger partial charge < -0.3 is 5.11 Å². The van der Waals surface area contributed by atoms with Crippen molar-refractivity contribution in [3.63, 3.8) is 0 Å². The van der Waals surface area contributed by atoms with Crippen LogP contribution in [0.2, 0.25) is 0 Å². The van der Waals surface area contributed by atoms with Crippen LogP contribution in [-0.4, -0.2) is 31.0 Å². The van der Waals surface area contributed by atoms with E-state index in [9.17, 15) is 13.2 Å². The van der Waals surface area contributed by atoms with Gasteiger partial charge >= 0.3 is 5.97 Å². The molecule has 1 aromatic rings. The first kappa shape index (κ1) is 12.6. The maximum atomic E-state index is 11.5. The molecule has 1 saturated carbocycles. The molecular weight excluding hydrogens is 308 g/mol. The minimum atomic E-state index is -3.32. The topological polar surface area (TPSA) is 71.4 Å². The molecule has 0 bridgehead atoms. The van der Waals surface area contributed by atoms with Gasteiger partial charge in [0.15, 0.2) is 9.84 Å². The van der Waals surface area contributed by atoms with Crippen molar-refractivity contribution in [1.29, 1.82) is 0 Å². The summed E-state index contributed by atoms with van der Waals surface area (Å²) >= 11 is 3.28. The van der Waals surface area contributed by atoms with Gasteiger partial charge in [-0.05, 0) is 17.7 Å². The molecule has 3 atom stereocenters. The van der Waals surface area contributed by atoms with Crippen LogP contribution in [0.3, 0.4) is 0 Å². The number of rotatable bonds is 3. The Bertz CT molecular complexity index is 549. The van der Waals surface area contributed by atoms with Crippen molar-refractivity contribution < 1.29 is 18.3 Å². The second-order valence-electron chi connectivity index (χ2n) is 4.24. The highest BCUT2D eigenvalue weighted by atomic mass is 79.9. The molecule has 0 spiro atoms. The standard InChI is InChI=1S/C11H11BrO4S/c1-17(15,16)10-8(9(10)11(13)14)6-2-4-7(12)5-3-6/h2-5,8-10H,1H3,(H,13,14)/t8-,9-,10-/m0/s1. The van der Waals surface area contributed by atoms with Crippen molar-refractivity contribution in [1.82, 2.24) is 0 Å². The second kappa shape index (κ2) is 4.10. The van der Waals surface area contributed by atoms with Crippen molar-refractivity contribution in [2.75, 3.05) is 6.26 Å². The van der Waals surface area contributed by atoms with Crippen molar-refractivity contribution in [2.24, 2.45) is 5.92 Å². The first-order valence-electron chi connectivity index (χ1n) is 4.99. The smallest absolute Gasteiger partial charge is 0.308 e. The number of aliphatic carboxylic acids is 1. The highest BCUT2D eigenvalue weighted by Gasteiger charge is 2.61. The third-order valence-corrected chi connectivity index (χ3v) is 5.09. The molecule has 0 aromatic heterocycles. The summed E-state index contributed by atoms with van der Waals surface area (Å²) in [6.45, 7) is 0. The molecule has 0 amide bonds. The molecule has 17 heavy (non-hydrogen) atoms. The number of halogens is 1. The van der Waals surface area contributed by atoms with Crippen LogP contribution in [-0.2, 0) is 14.6 Å². The maximum absolute atomic E-state index is 11.5. The Morgan fingerprint density at radius 3 is 2.18 bits per heavy atom. The van der Waals surface area contributed by atoms with E-state index in [1.165, 1.54) is 0 Å². The van der Waals surface area contributed by atoms with Crippen LogP contribution in [0, 0.1) is 5.92 Å². The molecule has 1 aliphatic carbocycles. The van der Waals surface area contributed by atoms with E-state index in [1.807, 2.05) is 0 Å². The van der Waals surface area contributed by atoms with Crippen LogP contribution < -0.4 is 0 Å². The minimum absolute atomic E-state index is 0.421. The Morgan fingerprint density at radius 1 is 1.29 bits per heavy atom. The largest absolute Gasteiger partial charge is 0.481 e. The summed E-state index contributed by atoms with van der Waals surface area (Å²) in [5.41, 5.74) is 0.760. The summed E-state index contributed by atoms with van der Waals surface area (Å²) in [6, 6.07) is 7.09. The van der Waals surface area contributed by atoms with Crippen LogP contribution in [0.15, 0.2) is 28.7 Å². The van der Waals surface area contributed by atoms with E-state index >= 15 is 0 Å². The van der Waals surface area contributed by atoms with Gasteiger partial charge in [-0.1, -0.05) is 28.1 Å². The minimum Gasteiger partial charge on any atom is -0.481 e. The van der Waals surface area contributed by atoms with Crippen molar-refractivity contribution >= 4 is 31.7 Å². The van der Waals surface area contributed by atoms with Gasteiger partial charge in [0.05, 0.1) is 11.2 Å². The summed E-state index contributed by atoms with van der Waals surface area (Å²) in [5, 5.41) is 8.21. The van der Waals surface area contributed by atoms with Gasteiger partial charge in [-0.3, -0.25) is 4.79 Å². The van der Waals surface area contributed by atoms with Crippen LogP contribution in [0.25, 0.3) is 0 Å². The Hall–Kier alpha value is -0.880. The maximum Gasteiger partial charge on any atom is 0.308 e. The fourth-order valence-corrected chi connectivity index (χ4v) is 4.04. The van der Waals surface area contributed by atoms with E-state index in [4.69, 9.17) is 5.11 Å². The summed E-state index contributed by atoms with van der Waals surface area (Å²) in [7, 11) is -3.32. The molecule has 0 aliphatic heterocycles. The zero-order valence-corrected chi connectivity index (χ0v) is 11.4. The molecule has 6 heteroatoms. The van der Waals surface area contributed by atoms with Gasteiger partial charge in [0.2, 0.25) is 0 Å². The zero-order chi connectivity index (χ0) is 12.8. The lowest BCUT2D eigenvalue weighted by atomic mass is 10.1. The summed E-state index contributed by atoms with van der Waals surface area (Å²) in [4.78, 5) is 11.0. The van der Waals surface area contributed by atoms with E-state index in [0.717, 1.165) is 16.3 Å². The Kier molecular flexibility index (Phi) is 3.03. The fraction of sp³-hybridized carbons (Fsp3) is 0.364. The first-order valence-corrected chi connectivity index (χ1v) is 7.74. The van der Waals surface area contributed by atoms with Crippen LogP contribution >= 0.6 is 15.9 Å². The van der Waals surface area contributed by atoms with E-state index in [2.05, 4.69) is 15.9 Å². The molecule has 4 nitrogen and oxygen atoms in total. The Balaban J connectivity index is 2.34. The van der Waals surface area contributed by atoms with Gasteiger partial charge in [-0.15, -0.1) is 0 Å². The normalized spacial score (nSPS) is 27.8. The number of carboxylic acid groups (broad SMARTS) is 1. The molecule has 1 N–H and O–H groups in total. The van der Waals surface area contributed by atoms with E-state index in [0.29, 0.717) is 0 Å². The van der Waals surface area contributed by atoms with Gasteiger partial charge in [0.1, 0.15) is 0 Å². The summed E-state index contributed by atoms with van der Waals surface area (Å²) < 4.78 is 23.9. The predicted molar refractivity (Wildman–Crippen MR) is 66.6 cm³/mol. The van der Waals surface area contributed by atoms with Gasteiger partial charge in [-0.25, -0.2) is 8.42 Å². The summed E-state index contributed by atoms with van der Waals surface area (Å²) in [5.74, 6) is -2.28. The number of hydrogen-bond acceptors (Lipinski definition) is 3. The molecule has 0 radical (unpaired) electrons. The van der Waals surface area contributed by atoms with E-state index < -0.39 is 32.9 Å². The lowest BCUT2D eigenvalue weighted by Crippen LogP contribution is -2.10.